The van der Waals surface area contributed by atoms with Gasteiger partial charge in [0.25, 0.3) is 0 Å². The van der Waals surface area contributed by atoms with E-state index in [1.807, 2.05) is 32.9 Å². The molecule has 0 spiro atoms. The molecule has 0 saturated carbocycles. The molecular weight excluding hydrogens is 252 g/mol. The lowest BCUT2D eigenvalue weighted by Crippen LogP contribution is -2.33. The first kappa shape index (κ1) is 14.6. The fourth-order valence-electron chi connectivity index (χ4n) is 2.63. The number of carbonyl (C=O) groups excluding carboxylic acids is 2. The van der Waals surface area contributed by atoms with Crippen LogP contribution in [0.4, 0.5) is 5.69 Å². The lowest BCUT2D eigenvalue weighted by atomic mass is 10.1. The molecule has 1 aromatic rings. The van der Waals surface area contributed by atoms with Crippen molar-refractivity contribution in [1.82, 2.24) is 5.32 Å². The Balaban J connectivity index is 2.11. The predicted octanol–water partition coefficient (Wildman–Crippen LogP) is 2.18. The molecular formula is C16H22N2O2. The highest BCUT2D eigenvalue weighted by Gasteiger charge is 2.34. The highest BCUT2D eigenvalue weighted by molar-refractivity contribution is 6.00. The Kier molecular flexibility index (Phi) is 4.42. The summed E-state index contributed by atoms with van der Waals surface area (Å²) in [6, 6.07) is 6.07. The molecule has 1 atom stereocenters. The van der Waals surface area contributed by atoms with E-state index in [9.17, 15) is 9.59 Å². The fraction of sp³-hybridized carbons (Fsp3) is 0.500. The monoisotopic (exact) mass is 274 g/mol. The standard InChI is InChI=1S/C16H22N2O2/c1-4-5-17-16(20)13-9-15(19)18(10-13)14-7-11(2)6-12(3)8-14/h6-8,13H,4-5,9-10H2,1-3H3,(H,17,20)/t13-/m0/s1. The first-order valence-electron chi connectivity index (χ1n) is 7.17. The Morgan fingerprint density at radius 3 is 2.55 bits per heavy atom. The lowest BCUT2D eigenvalue weighted by molar-refractivity contribution is -0.126. The molecule has 1 aromatic carbocycles. The number of hydrogen-bond acceptors (Lipinski definition) is 2. The van der Waals surface area contributed by atoms with Crippen LogP contribution in [0.1, 0.15) is 30.9 Å². The highest BCUT2D eigenvalue weighted by Crippen LogP contribution is 2.27. The third kappa shape index (κ3) is 3.18. The lowest BCUT2D eigenvalue weighted by Gasteiger charge is -2.18. The summed E-state index contributed by atoms with van der Waals surface area (Å²) in [7, 11) is 0. The molecule has 0 unspecified atom stereocenters. The first-order valence-corrected chi connectivity index (χ1v) is 7.17. The molecule has 1 heterocycles. The van der Waals surface area contributed by atoms with E-state index in [2.05, 4.69) is 11.4 Å². The van der Waals surface area contributed by atoms with Gasteiger partial charge in [0.2, 0.25) is 11.8 Å². The maximum atomic E-state index is 12.1. The molecule has 2 amide bonds. The van der Waals surface area contributed by atoms with E-state index < -0.39 is 0 Å². The van der Waals surface area contributed by atoms with Crippen LogP contribution in [0, 0.1) is 19.8 Å². The van der Waals surface area contributed by atoms with Gasteiger partial charge in [0.1, 0.15) is 0 Å². The molecule has 108 valence electrons. The van der Waals surface area contributed by atoms with Crippen molar-refractivity contribution in [2.75, 3.05) is 18.0 Å². The van der Waals surface area contributed by atoms with Gasteiger partial charge in [-0.15, -0.1) is 0 Å². The molecule has 0 bridgehead atoms. The normalized spacial score (nSPS) is 18.4. The number of aryl methyl sites for hydroxylation is 2. The van der Waals surface area contributed by atoms with Gasteiger partial charge in [0.15, 0.2) is 0 Å². The van der Waals surface area contributed by atoms with Crippen LogP contribution in [0.25, 0.3) is 0 Å². The number of benzene rings is 1. The second-order valence-corrected chi connectivity index (χ2v) is 5.54. The number of carbonyl (C=O) groups is 2. The van der Waals surface area contributed by atoms with Crippen molar-refractivity contribution in [3.05, 3.63) is 29.3 Å². The van der Waals surface area contributed by atoms with E-state index in [0.29, 0.717) is 19.5 Å². The molecule has 20 heavy (non-hydrogen) atoms. The van der Waals surface area contributed by atoms with Crippen molar-refractivity contribution < 1.29 is 9.59 Å². The largest absolute Gasteiger partial charge is 0.356 e. The van der Waals surface area contributed by atoms with Crippen molar-refractivity contribution in [3.8, 4) is 0 Å². The number of nitrogens with zero attached hydrogens (tertiary/aromatic N) is 1. The fourth-order valence-corrected chi connectivity index (χ4v) is 2.63. The van der Waals surface area contributed by atoms with Crippen molar-refractivity contribution in [3.63, 3.8) is 0 Å². The molecule has 0 aromatic heterocycles. The highest BCUT2D eigenvalue weighted by atomic mass is 16.2. The Labute approximate surface area is 120 Å². The maximum Gasteiger partial charge on any atom is 0.227 e. The van der Waals surface area contributed by atoms with Crippen molar-refractivity contribution in [1.29, 1.82) is 0 Å². The smallest absolute Gasteiger partial charge is 0.227 e. The van der Waals surface area contributed by atoms with E-state index in [1.54, 1.807) is 4.90 Å². The number of nitrogens with one attached hydrogen (secondary N) is 1. The van der Waals surface area contributed by atoms with E-state index in [-0.39, 0.29) is 17.7 Å². The minimum Gasteiger partial charge on any atom is -0.356 e. The summed E-state index contributed by atoms with van der Waals surface area (Å²) < 4.78 is 0. The average molecular weight is 274 g/mol. The van der Waals surface area contributed by atoms with Gasteiger partial charge in [0, 0.05) is 25.2 Å². The van der Waals surface area contributed by atoms with Crippen molar-refractivity contribution in [2.45, 2.75) is 33.6 Å². The quantitative estimate of drug-likeness (QED) is 0.915. The first-order chi connectivity index (χ1) is 9.51. The number of amides is 2. The molecule has 1 N–H and O–H groups in total. The number of anilines is 1. The predicted molar refractivity (Wildman–Crippen MR) is 79.7 cm³/mol. The Hall–Kier alpha value is -1.84. The average Bonchev–Trinajstić information content (AvgIpc) is 2.77. The third-order valence-electron chi connectivity index (χ3n) is 3.56. The minimum atomic E-state index is -0.227. The summed E-state index contributed by atoms with van der Waals surface area (Å²) in [5, 5.41) is 2.87. The Morgan fingerprint density at radius 1 is 1.30 bits per heavy atom. The van der Waals surface area contributed by atoms with Gasteiger partial charge < -0.3 is 10.2 Å². The van der Waals surface area contributed by atoms with Crippen LogP contribution in [0.3, 0.4) is 0 Å². The molecule has 4 nitrogen and oxygen atoms in total. The topological polar surface area (TPSA) is 49.4 Å². The van der Waals surface area contributed by atoms with Crippen LogP contribution in [0.15, 0.2) is 18.2 Å². The van der Waals surface area contributed by atoms with Crippen LogP contribution in [0.5, 0.6) is 0 Å². The molecule has 4 heteroatoms. The summed E-state index contributed by atoms with van der Waals surface area (Å²) in [6.45, 7) is 7.21. The summed E-state index contributed by atoms with van der Waals surface area (Å²) in [5.41, 5.74) is 3.16. The van der Waals surface area contributed by atoms with Gasteiger partial charge in [-0.2, -0.15) is 0 Å². The van der Waals surface area contributed by atoms with Gasteiger partial charge >= 0.3 is 0 Å². The zero-order valence-electron chi connectivity index (χ0n) is 12.4. The molecule has 1 fully saturated rings. The zero-order valence-corrected chi connectivity index (χ0v) is 12.4. The van der Waals surface area contributed by atoms with Gasteiger partial charge in [-0.05, 0) is 43.5 Å². The summed E-state index contributed by atoms with van der Waals surface area (Å²) >= 11 is 0. The van der Waals surface area contributed by atoms with E-state index in [1.165, 1.54) is 0 Å². The Bertz CT molecular complexity index is 505. The molecule has 0 radical (unpaired) electrons. The summed E-state index contributed by atoms with van der Waals surface area (Å²) in [5.74, 6) is -0.200. The SMILES string of the molecule is CCCNC(=O)[C@H]1CC(=O)N(c2cc(C)cc(C)c2)C1. The van der Waals surface area contributed by atoms with E-state index in [0.717, 1.165) is 23.2 Å². The van der Waals surface area contributed by atoms with Crippen LogP contribution < -0.4 is 10.2 Å². The molecule has 1 saturated heterocycles. The summed E-state index contributed by atoms with van der Waals surface area (Å²) in [4.78, 5) is 25.8. The van der Waals surface area contributed by atoms with Gasteiger partial charge in [-0.3, -0.25) is 9.59 Å². The van der Waals surface area contributed by atoms with Crippen LogP contribution >= 0.6 is 0 Å². The summed E-state index contributed by atoms with van der Waals surface area (Å²) in [6.07, 6.45) is 1.22. The number of hydrogen-bond donors (Lipinski definition) is 1. The van der Waals surface area contributed by atoms with Crippen LogP contribution in [-0.2, 0) is 9.59 Å². The number of rotatable bonds is 4. The van der Waals surface area contributed by atoms with E-state index in [4.69, 9.17) is 0 Å². The van der Waals surface area contributed by atoms with Gasteiger partial charge in [0.05, 0.1) is 5.92 Å². The second kappa shape index (κ2) is 6.07. The van der Waals surface area contributed by atoms with Gasteiger partial charge in [-0.1, -0.05) is 13.0 Å². The van der Waals surface area contributed by atoms with E-state index >= 15 is 0 Å². The molecule has 2 rings (SSSR count). The Morgan fingerprint density at radius 2 is 1.95 bits per heavy atom. The van der Waals surface area contributed by atoms with Gasteiger partial charge in [-0.25, -0.2) is 0 Å². The second-order valence-electron chi connectivity index (χ2n) is 5.54. The van der Waals surface area contributed by atoms with Crippen LogP contribution in [-0.4, -0.2) is 24.9 Å². The molecule has 1 aliphatic rings. The minimum absolute atomic E-state index is 0.00734. The zero-order chi connectivity index (χ0) is 14.7. The van der Waals surface area contributed by atoms with Crippen molar-refractivity contribution >= 4 is 17.5 Å². The molecule has 0 aliphatic carbocycles. The van der Waals surface area contributed by atoms with Crippen molar-refractivity contribution in [2.24, 2.45) is 5.92 Å². The van der Waals surface area contributed by atoms with Crippen LogP contribution in [0.2, 0.25) is 0 Å². The third-order valence-corrected chi connectivity index (χ3v) is 3.56. The maximum absolute atomic E-state index is 12.1. The molecule has 1 aliphatic heterocycles.